The van der Waals surface area contributed by atoms with Crippen molar-refractivity contribution < 1.29 is 14.3 Å². The summed E-state index contributed by atoms with van der Waals surface area (Å²) < 4.78 is 10.3. The van der Waals surface area contributed by atoms with Gasteiger partial charge in [-0.3, -0.25) is 4.79 Å². The number of Topliss-reactive ketones (excluding diaryl/α,β-unsaturated/α-hetero) is 1. The Hall–Kier alpha value is -3.49. The summed E-state index contributed by atoms with van der Waals surface area (Å²) >= 11 is 0. The molecular formula is C28H35N5O3. The molecule has 0 unspecified atom stereocenters. The summed E-state index contributed by atoms with van der Waals surface area (Å²) in [6.45, 7) is 6.49. The van der Waals surface area contributed by atoms with E-state index < -0.39 is 0 Å². The second kappa shape index (κ2) is 12.0. The lowest BCUT2D eigenvalue weighted by atomic mass is 10.0. The summed E-state index contributed by atoms with van der Waals surface area (Å²) in [5.41, 5.74) is 4.80. The fourth-order valence-electron chi connectivity index (χ4n) is 4.56. The molecule has 2 N–H and O–H groups in total. The standard InChI is InChI=1S/C28H35N5O3/c1-19-16-33(17-20(2)31-19)25-9-7-24(8-10-25)32-28-29-14-22(15-30-28)6-5-21-11-23(27(34)18-35-3)13-26(12-21)36-4/h7-15,19-20,31H,5-6,16-18H2,1-4H3,(H,29,30,32)/t19-,20+. The Kier molecular flexibility index (Phi) is 8.51. The summed E-state index contributed by atoms with van der Waals surface area (Å²) in [6, 6.07) is 14.9. The second-order valence-corrected chi connectivity index (χ2v) is 9.39. The molecule has 0 aliphatic carbocycles. The van der Waals surface area contributed by atoms with Crippen molar-refractivity contribution in [1.29, 1.82) is 0 Å². The minimum absolute atomic E-state index is 0.0474. The van der Waals surface area contributed by atoms with Crippen molar-refractivity contribution in [3.05, 3.63) is 71.5 Å². The first kappa shape index (κ1) is 25.6. The Morgan fingerprint density at radius 3 is 2.31 bits per heavy atom. The number of rotatable bonds is 10. The van der Waals surface area contributed by atoms with Crippen molar-refractivity contribution in [1.82, 2.24) is 15.3 Å². The molecule has 1 saturated heterocycles. The van der Waals surface area contributed by atoms with Gasteiger partial charge in [-0.15, -0.1) is 0 Å². The van der Waals surface area contributed by atoms with Crippen LogP contribution in [-0.2, 0) is 17.6 Å². The fourth-order valence-corrected chi connectivity index (χ4v) is 4.56. The zero-order valence-electron chi connectivity index (χ0n) is 21.5. The number of benzene rings is 2. The zero-order chi connectivity index (χ0) is 25.5. The molecule has 8 nitrogen and oxygen atoms in total. The number of aryl methyl sites for hydroxylation is 2. The minimum atomic E-state index is -0.0681. The highest BCUT2D eigenvalue weighted by molar-refractivity contribution is 5.97. The van der Waals surface area contributed by atoms with Crippen molar-refractivity contribution in [2.75, 3.05) is 44.1 Å². The van der Waals surface area contributed by atoms with E-state index >= 15 is 0 Å². The third-order valence-electron chi connectivity index (χ3n) is 6.25. The number of ketones is 1. The predicted octanol–water partition coefficient (Wildman–Crippen LogP) is 4.03. The largest absolute Gasteiger partial charge is 0.497 e. The van der Waals surface area contributed by atoms with E-state index in [2.05, 4.69) is 63.6 Å². The van der Waals surface area contributed by atoms with Crippen LogP contribution >= 0.6 is 0 Å². The van der Waals surface area contributed by atoms with E-state index in [1.165, 1.54) is 12.8 Å². The maximum absolute atomic E-state index is 12.2. The average molecular weight is 490 g/mol. The third-order valence-corrected chi connectivity index (χ3v) is 6.25. The molecule has 2 aromatic carbocycles. The molecule has 2 atom stereocenters. The number of carbonyl (C=O) groups is 1. The summed E-state index contributed by atoms with van der Waals surface area (Å²) in [5, 5.41) is 6.85. The van der Waals surface area contributed by atoms with Crippen LogP contribution in [0.25, 0.3) is 0 Å². The van der Waals surface area contributed by atoms with Gasteiger partial charge in [-0.2, -0.15) is 0 Å². The van der Waals surface area contributed by atoms with Gasteiger partial charge in [0.1, 0.15) is 12.4 Å². The van der Waals surface area contributed by atoms with Gasteiger partial charge in [-0.05, 0) is 80.3 Å². The molecule has 36 heavy (non-hydrogen) atoms. The summed E-state index contributed by atoms with van der Waals surface area (Å²) in [6.07, 6.45) is 5.17. The van der Waals surface area contributed by atoms with Crippen molar-refractivity contribution in [3.63, 3.8) is 0 Å². The highest BCUT2D eigenvalue weighted by atomic mass is 16.5. The highest BCUT2D eigenvalue weighted by Gasteiger charge is 2.21. The van der Waals surface area contributed by atoms with E-state index in [1.807, 2.05) is 24.5 Å². The smallest absolute Gasteiger partial charge is 0.227 e. The molecule has 4 rings (SSSR count). The molecule has 3 aromatic rings. The average Bonchev–Trinajstić information content (AvgIpc) is 2.88. The van der Waals surface area contributed by atoms with Crippen LogP contribution in [0.15, 0.2) is 54.9 Å². The molecule has 0 amide bonds. The molecular weight excluding hydrogens is 454 g/mol. The van der Waals surface area contributed by atoms with Gasteiger partial charge in [-0.25, -0.2) is 9.97 Å². The first-order valence-electron chi connectivity index (χ1n) is 12.3. The molecule has 1 aromatic heterocycles. The van der Waals surface area contributed by atoms with Crippen LogP contribution in [0.4, 0.5) is 17.3 Å². The number of hydrogen-bond acceptors (Lipinski definition) is 8. The Balaban J connectivity index is 1.34. The van der Waals surface area contributed by atoms with Crippen LogP contribution in [0.3, 0.4) is 0 Å². The number of nitrogens with zero attached hydrogens (tertiary/aromatic N) is 3. The normalized spacial score (nSPS) is 17.6. The molecule has 2 heterocycles. The van der Waals surface area contributed by atoms with Crippen LogP contribution in [0.1, 0.15) is 35.3 Å². The highest BCUT2D eigenvalue weighted by Crippen LogP contribution is 2.22. The number of carbonyl (C=O) groups excluding carboxylic acids is 1. The lowest BCUT2D eigenvalue weighted by Gasteiger charge is -2.37. The number of piperazine rings is 1. The van der Waals surface area contributed by atoms with E-state index in [0.717, 1.165) is 42.7 Å². The molecule has 1 aliphatic rings. The topological polar surface area (TPSA) is 88.6 Å². The number of methoxy groups -OCH3 is 2. The summed E-state index contributed by atoms with van der Waals surface area (Å²) in [7, 11) is 3.11. The lowest BCUT2D eigenvalue weighted by Crippen LogP contribution is -2.54. The SMILES string of the molecule is COCC(=O)c1cc(CCc2cnc(Nc3ccc(N4C[C@@H](C)N[C@@H](C)C4)cc3)nc2)cc(OC)c1. The maximum atomic E-state index is 12.2. The van der Waals surface area contributed by atoms with Crippen molar-refractivity contribution in [2.45, 2.75) is 38.8 Å². The van der Waals surface area contributed by atoms with Crippen LogP contribution in [-0.4, -0.2) is 61.8 Å². The summed E-state index contributed by atoms with van der Waals surface area (Å²) in [4.78, 5) is 23.6. The Morgan fingerprint density at radius 2 is 1.67 bits per heavy atom. The molecule has 190 valence electrons. The molecule has 0 bridgehead atoms. The van der Waals surface area contributed by atoms with E-state index in [0.29, 0.717) is 29.3 Å². The number of nitrogens with one attached hydrogen (secondary N) is 2. The van der Waals surface area contributed by atoms with Gasteiger partial charge in [0.15, 0.2) is 5.78 Å². The van der Waals surface area contributed by atoms with Crippen molar-refractivity contribution >= 4 is 23.1 Å². The first-order valence-corrected chi connectivity index (χ1v) is 12.3. The first-order chi connectivity index (χ1) is 17.4. The molecule has 0 saturated carbocycles. The van der Waals surface area contributed by atoms with Gasteiger partial charge >= 0.3 is 0 Å². The van der Waals surface area contributed by atoms with Crippen LogP contribution in [0, 0.1) is 0 Å². The lowest BCUT2D eigenvalue weighted by molar-refractivity contribution is 0.0847. The maximum Gasteiger partial charge on any atom is 0.227 e. The van der Waals surface area contributed by atoms with Gasteiger partial charge in [0.2, 0.25) is 5.95 Å². The van der Waals surface area contributed by atoms with Gasteiger partial charge in [0.25, 0.3) is 0 Å². The van der Waals surface area contributed by atoms with E-state index in [1.54, 1.807) is 13.2 Å². The van der Waals surface area contributed by atoms with Crippen LogP contribution in [0.2, 0.25) is 0 Å². The molecule has 0 spiro atoms. The predicted molar refractivity (Wildman–Crippen MR) is 143 cm³/mol. The molecule has 0 radical (unpaired) electrons. The number of ether oxygens (including phenoxy) is 2. The van der Waals surface area contributed by atoms with Gasteiger partial charge < -0.3 is 25.0 Å². The fraction of sp³-hybridized carbons (Fsp3) is 0.393. The molecule has 1 aliphatic heterocycles. The van der Waals surface area contributed by atoms with Crippen molar-refractivity contribution in [2.24, 2.45) is 0 Å². The van der Waals surface area contributed by atoms with E-state index in [-0.39, 0.29) is 12.4 Å². The van der Waals surface area contributed by atoms with Crippen LogP contribution < -0.4 is 20.3 Å². The third kappa shape index (κ3) is 6.80. The minimum Gasteiger partial charge on any atom is -0.497 e. The van der Waals surface area contributed by atoms with Crippen LogP contribution in [0.5, 0.6) is 5.75 Å². The van der Waals surface area contributed by atoms with Crippen molar-refractivity contribution in [3.8, 4) is 5.75 Å². The molecule has 8 heteroatoms. The Morgan fingerprint density at radius 1 is 1.00 bits per heavy atom. The summed E-state index contributed by atoms with van der Waals surface area (Å²) in [5.74, 6) is 1.15. The zero-order valence-corrected chi connectivity index (χ0v) is 21.5. The quantitative estimate of drug-likeness (QED) is 0.413. The van der Waals surface area contributed by atoms with Gasteiger partial charge in [0.05, 0.1) is 7.11 Å². The van der Waals surface area contributed by atoms with E-state index in [4.69, 9.17) is 9.47 Å². The molecule has 1 fully saturated rings. The number of hydrogen-bond donors (Lipinski definition) is 2. The van der Waals surface area contributed by atoms with Gasteiger partial charge in [0, 0.05) is 61.6 Å². The Labute approximate surface area is 213 Å². The monoisotopic (exact) mass is 489 g/mol. The number of anilines is 3. The van der Waals surface area contributed by atoms with Gasteiger partial charge in [-0.1, -0.05) is 0 Å². The second-order valence-electron chi connectivity index (χ2n) is 9.39. The van der Waals surface area contributed by atoms with E-state index in [9.17, 15) is 4.79 Å². The number of aromatic nitrogens is 2. The Bertz CT molecular complexity index is 1140.